The maximum absolute atomic E-state index is 15.5. The molecule has 172 valence electrons. The maximum atomic E-state index is 15.5. The highest BCUT2D eigenvalue weighted by Gasteiger charge is 2.48. The smallest absolute Gasteiger partial charge is 0.172 e. The number of hydrogen-bond acceptors (Lipinski definition) is 3. The first-order valence-corrected chi connectivity index (χ1v) is 15.3. The lowest BCUT2D eigenvalue weighted by atomic mass is 9.96. The van der Waals surface area contributed by atoms with E-state index in [1.165, 1.54) is 0 Å². The van der Waals surface area contributed by atoms with Crippen LogP contribution in [-0.4, -0.2) is 4.98 Å². The molecule has 0 N–H and O–H groups in total. The Morgan fingerprint density at radius 2 is 0.889 bits per heavy atom. The molecule has 2 aliphatic heterocycles. The van der Waals surface area contributed by atoms with Crippen LogP contribution in [0.2, 0.25) is 0 Å². The molecule has 0 saturated carbocycles. The summed E-state index contributed by atoms with van der Waals surface area (Å²) in [6.07, 6.45) is 3.38. The molecule has 0 saturated heterocycles. The van der Waals surface area contributed by atoms with Gasteiger partial charge in [0.05, 0.1) is 0 Å². The maximum Gasteiger partial charge on any atom is 0.172 e. The number of fused-ring (bicyclic) bond motifs is 6. The molecule has 1 aromatic heterocycles. The van der Waals surface area contributed by atoms with E-state index in [2.05, 4.69) is 11.1 Å². The first-order valence-electron chi connectivity index (χ1n) is 11.9. The Morgan fingerprint density at radius 3 is 1.50 bits per heavy atom. The predicted molar refractivity (Wildman–Crippen MR) is 149 cm³/mol. The minimum Gasteiger partial charge on any atom is -0.309 e. The molecule has 3 heterocycles. The number of nitrogens with zero attached hydrogens (tertiary/aromatic N) is 1. The van der Waals surface area contributed by atoms with Crippen molar-refractivity contribution in [2.45, 2.75) is 0 Å². The second kappa shape index (κ2) is 7.87. The summed E-state index contributed by atoms with van der Waals surface area (Å²) in [4.78, 5) is 4.18. The van der Waals surface area contributed by atoms with E-state index in [0.29, 0.717) is 0 Å². The fourth-order valence-corrected chi connectivity index (χ4v) is 12.1. The minimum atomic E-state index is -3.31. The van der Waals surface area contributed by atoms with E-state index >= 15 is 9.13 Å². The van der Waals surface area contributed by atoms with Gasteiger partial charge in [0, 0.05) is 49.8 Å². The topological polar surface area (TPSA) is 47.0 Å². The molecule has 7 rings (SSSR count). The van der Waals surface area contributed by atoms with Crippen LogP contribution in [0, 0.1) is 0 Å². The zero-order valence-electron chi connectivity index (χ0n) is 19.3. The molecule has 2 atom stereocenters. The summed E-state index contributed by atoms with van der Waals surface area (Å²) in [6, 6.07) is 37.1. The molecular weight excluding hydrogens is 480 g/mol. The third-order valence-electron chi connectivity index (χ3n) is 7.22. The molecule has 0 fully saturated rings. The van der Waals surface area contributed by atoms with Crippen LogP contribution < -0.4 is 26.5 Å². The average Bonchev–Trinajstić information content (AvgIpc) is 3.17. The Bertz CT molecular complexity index is 1790. The van der Waals surface area contributed by atoms with Gasteiger partial charge in [-0.3, -0.25) is 4.98 Å². The number of aromatic nitrogens is 1. The van der Waals surface area contributed by atoms with Gasteiger partial charge in [0.2, 0.25) is 0 Å². The highest BCUT2D eigenvalue weighted by molar-refractivity contribution is 7.89. The molecule has 3 nitrogen and oxygen atoms in total. The van der Waals surface area contributed by atoms with Crippen molar-refractivity contribution in [1.29, 1.82) is 0 Å². The molecular formula is C31H21NO2P2. The Morgan fingerprint density at radius 1 is 0.444 bits per heavy atom. The summed E-state index contributed by atoms with van der Waals surface area (Å²) < 4.78 is 31.0. The summed E-state index contributed by atoms with van der Waals surface area (Å²) in [7, 11) is -6.57. The van der Waals surface area contributed by atoms with Gasteiger partial charge in [0.1, 0.15) is 0 Å². The van der Waals surface area contributed by atoms with Crippen LogP contribution in [0.25, 0.3) is 10.9 Å². The van der Waals surface area contributed by atoms with E-state index < -0.39 is 14.3 Å². The summed E-state index contributed by atoms with van der Waals surface area (Å²) >= 11 is 0. The van der Waals surface area contributed by atoms with Crippen molar-refractivity contribution in [2.75, 3.05) is 0 Å². The van der Waals surface area contributed by atoms with Crippen molar-refractivity contribution in [1.82, 2.24) is 4.98 Å². The number of rotatable bonds is 2. The lowest BCUT2D eigenvalue weighted by molar-refractivity contribution is 0.592. The minimum absolute atomic E-state index is 0.720. The van der Waals surface area contributed by atoms with Gasteiger partial charge >= 0.3 is 0 Å². The van der Waals surface area contributed by atoms with Gasteiger partial charge in [-0.25, -0.2) is 0 Å². The van der Waals surface area contributed by atoms with E-state index in [1.807, 2.05) is 109 Å². The molecule has 5 aromatic rings. The molecule has 0 amide bonds. The van der Waals surface area contributed by atoms with Gasteiger partial charge in [-0.15, -0.1) is 0 Å². The van der Waals surface area contributed by atoms with Gasteiger partial charge < -0.3 is 9.13 Å². The standard InChI is InChI=1S/C31H21NO2P2/c33-35(23-18-20-32-21-19-23)27-15-7-4-12-24(27)30-25-13-5-8-16-28(25)36(34,22-10-2-1-3-11-22)31(30)26-14-6-9-17-29(26)35/h1-21H. The Balaban J connectivity index is 1.71. The van der Waals surface area contributed by atoms with E-state index in [4.69, 9.17) is 0 Å². The Labute approximate surface area is 209 Å². The summed E-state index contributed by atoms with van der Waals surface area (Å²) in [5.74, 6) is 0. The van der Waals surface area contributed by atoms with Gasteiger partial charge in [0.15, 0.2) is 14.3 Å². The molecule has 2 unspecified atom stereocenters. The first kappa shape index (κ1) is 21.5. The monoisotopic (exact) mass is 501 g/mol. The van der Waals surface area contributed by atoms with Crippen molar-refractivity contribution >= 4 is 51.7 Å². The lowest BCUT2D eigenvalue weighted by Crippen LogP contribution is -2.28. The number of pyridine rings is 1. The van der Waals surface area contributed by atoms with Crippen molar-refractivity contribution in [3.05, 3.63) is 144 Å². The SMILES string of the molecule is O=P1(c2ccccc2)C2=C(c3ccccc31)c1ccccc1P(=O)(c1ccncc1)c1ccccc12. The second-order valence-electron chi connectivity index (χ2n) is 9.03. The molecule has 0 radical (unpaired) electrons. The normalized spacial score (nSPS) is 21.7. The average molecular weight is 501 g/mol. The van der Waals surface area contributed by atoms with Crippen LogP contribution in [0.5, 0.6) is 0 Å². The fourth-order valence-electron chi connectivity index (χ4n) is 5.72. The van der Waals surface area contributed by atoms with E-state index in [-0.39, 0.29) is 0 Å². The Hall–Kier alpha value is -3.77. The fraction of sp³-hybridized carbons (Fsp3) is 0. The van der Waals surface area contributed by atoms with Crippen molar-refractivity contribution < 1.29 is 9.13 Å². The molecule has 0 aliphatic carbocycles. The summed E-state index contributed by atoms with van der Waals surface area (Å²) in [6.45, 7) is 0. The van der Waals surface area contributed by atoms with E-state index in [0.717, 1.165) is 54.1 Å². The van der Waals surface area contributed by atoms with Gasteiger partial charge in [-0.2, -0.15) is 0 Å². The van der Waals surface area contributed by atoms with Crippen molar-refractivity contribution in [2.24, 2.45) is 0 Å². The highest BCUT2D eigenvalue weighted by atomic mass is 31.2. The number of hydrogen-bond donors (Lipinski definition) is 0. The van der Waals surface area contributed by atoms with Crippen LogP contribution in [0.15, 0.2) is 128 Å². The molecule has 4 aromatic carbocycles. The Kier molecular flexibility index (Phi) is 4.70. The van der Waals surface area contributed by atoms with Crippen LogP contribution in [0.3, 0.4) is 0 Å². The summed E-state index contributed by atoms with van der Waals surface area (Å²) in [5, 5.41) is 4.62. The lowest BCUT2D eigenvalue weighted by Gasteiger charge is -2.24. The third-order valence-corrected chi connectivity index (χ3v) is 13.6. The molecule has 0 bridgehead atoms. The van der Waals surface area contributed by atoms with E-state index in [9.17, 15) is 0 Å². The molecule has 0 spiro atoms. The van der Waals surface area contributed by atoms with Gasteiger partial charge in [-0.05, 0) is 28.8 Å². The molecule has 36 heavy (non-hydrogen) atoms. The van der Waals surface area contributed by atoms with Gasteiger partial charge in [-0.1, -0.05) is 103 Å². The largest absolute Gasteiger partial charge is 0.309 e. The molecule has 2 aliphatic rings. The predicted octanol–water partition coefficient (Wildman–Crippen LogP) is 5.28. The van der Waals surface area contributed by atoms with Crippen molar-refractivity contribution in [3.63, 3.8) is 0 Å². The van der Waals surface area contributed by atoms with Crippen molar-refractivity contribution in [3.8, 4) is 0 Å². The van der Waals surface area contributed by atoms with Crippen LogP contribution in [-0.2, 0) is 9.13 Å². The van der Waals surface area contributed by atoms with Crippen LogP contribution in [0.1, 0.15) is 16.7 Å². The van der Waals surface area contributed by atoms with Gasteiger partial charge in [0.25, 0.3) is 0 Å². The summed E-state index contributed by atoms with van der Waals surface area (Å²) in [5.41, 5.74) is 3.55. The number of benzene rings is 4. The zero-order valence-corrected chi connectivity index (χ0v) is 21.1. The zero-order chi connectivity index (χ0) is 24.3. The second-order valence-corrected chi connectivity index (χ2v) is 14.4. The highest BCUT2D eigenvalue weighted by Crippen LogP contribution is 2.67. The van der Waals surface area contributed by atoms with Crippen LogP contribution >= 0.6 is 14.3 Å². The van der Waals surface area contributed by atoms with Crippen LogP contribution in [0.4, 0.5) is 0 Å². The quantitative estimate of drug-likeness (QED) is 0.310. The van der Waals surface area contributed by atoms with E-state index in [1.54, 1.807) is 12.4 Å². The first-order chi connectivity index (χ1) is 17.6. The third kappa shape index (κ3) is 2.73. The molecule has 5 heteroatoms.